The lowest BCUT2D eigenvalue weighted by atomic mass is 10.1. The van der Waals surface area contributed by atoms with E-state index in [-0.39, 0.29) is 5.91 Å². The van der Waals surface area contributed by atoms with Crippen LogP contribution < -0.4 is 10.1 Å². The van der Waals surface area contributed by atoms with Gasteiger partial charge in [0.15, 0.2) is 0 Å². The van der Waals surface area contributed by atoms with E-state index in [0.29, 0.717) is 26.0 Å². The van der Waals surface area contributed by atoms with Crippen LogP contribution in [-0.2, 0) is 24.2 Å². The van der Waals surface area contributed by atoms with Crippen molar-refractivity contribution in [3.63, 3.8) is 0 Å². The van der Waals surface area contributed by atoms with Crippen molar-refractivity contribution in [1.82, 2.24) is 14.9 Å². The summed E-state index contributed by atoms with van der Waals surface area (Å²) in [6.45, 7) is 6.37. The van der Waals surface area contributed by atoms with E-state index in [1.807, 2.05) is 48.5 Å². The predicted octanol–water partition coefficient (Wildman–Crippen LogP) is 5.41. The Bertz CT molecular complexity index is 1230. The molecular weight excluding hydrogens is 422 g/mol. The number of para-hydroxylation sites is 2. The molecule has 0 aliphatic carbocycles. The normalized spacial score (nSPS) is 11.0. The van der Waals surface area contributed by atoms with E-state index < -0.39 is 0 Å². The van der Waals surface area contributed by atoms with E-state index in [1.165, 1.54) is 11.1 Å². The van der Waals surface area contributed by atoms with Crippen LogP contribution in [-0.4, -0.2) is 28.6 Å². The van der Waals surface area contributed by atoms with Gasteiger partial charge in [-0.25, -0.2) is 4.98 Å². The summed E-state index contributed by atoms with van der Waals surface area (Å²) >= 11 is 0. The molecule has 5 nitrogen and oxygen atoms in total. The first-order valence-electron chi connectivity index (χ1n) is 12.0. The predicted molar refractivity (Wildman–Crippen MR) is 137 cm³/mol. The molecular formula is C29H33N3O2. The molecule has 4 rings (SSSR count). The average molecular weight is 456 g/mol. The molecule has 0 aliphatic rings. The van der Waals surface area contributed by atoms with Gasteiger partial charge in [0.1, 0.15) is 11.6 Å². The molecule has 5 heteroatoms. The third-order valence-corrected chi connectivity index (χ3v) is 6.14. The molecule has 0 spiro atoms. The second-order valence-electron chi connectivity index (χ2n) is 8.73. The summed E-state index contributed by atoms with van der Waals surface area (Å²) in [5, 5.41) is 3.04. The van der Waals surface area contributed by atoms with Crippen molar-refractivity contribution in [2.75, 3.05) is 13.2 Å². The summed E-state index contributed by atoms with van der Waals surface area (Å²) in [6.07, 6.45) is 3.07. The monoisotopic (exact) mass is 455 g/mol. The molecule has 34 heavy (non-hydrogen) atoms. The summed E-state index contributed by atoms with van der Waals surface area (Å²) in [4.78, 5) is 17.1. The molecule has 0 atom stereocenters. The Morgan fingerprint density at radius 1 is 0.941 bits per heavy atom. The van der Waals surface area contributed by atoms with Gasteiger partial charge in [0.05, 0.1) is 24.1 Å². The summed E-state index contributed by atoms with van der Waals surface area (Å²) in [5.41, 5.74) is 5.70. The molecule has 0 fully saturated rings. The highest BCUT2D eigenvalue weighted by molar-refractivity contribution is 5.78. The van der Waals surface area contributed by atoms with E-state index in [0.717, 1.165) is 47.6 Å². The zero-order valence-electron chi connectivity index (χ0n) is 20.1. The minimum Gasteiger partial charge on any atom is -0.494 e. The van der Waals surface area contributed by atoms with Gasteiger partial charge in [-0.1, -0.05) is 48.5 Å². The van der Waals surface area contributed by atoms with Crippen LogP contribution in [0.15, 0.2) is 72.8 Å². The van der Waals surface area contributed by atoms with Gasteiger partial charge in [-0.05, 0) is 67.6 Å². The molecule has 1 N–H and O–H groups in total. The number of hydrogen-bond donors (Lipinski definition) is 1. The number of nitrogens with zero attached hydrogens (tertiary/aromatic N) is 2. The van der Waals surface area contributed by atoms with Gasteiger partial charge in [0.25, 0.3) is 0 Å². The lowest BCUT2D eigenvalue weighted by molar-refractivity contribution is -0.120. The molecule has 1 aromatic heterocycles. The van der Waals surface area contributed by atoms with Crippen LogP contribution in [0, 0.1) is 13.8 Å². The molecule has 0 unspecified atom stereocenters. The number of nitrogens with one attached hydrogen (secondary N) is 1. The van der Waals surface area contributed by atoms with Crippen molar-refractivity contribution in [3.05, 3.63) is 95.3 Å². The minimum atomic E-state index is 0.0392. The topological polar surface area (TPSA) is 56.1 Å². The van der Waals surface area contributed by atoms with Crippen LogP contribution in [0.4, 0.5) is 0 Å². The van der Waals surface area contributed by atoms with E-state index >= 15 is 0 Å². The maximum absolute atomic E-state index is 12.3. The molecule has 0 saturated heterocycles. The number of ether oxygens (including phenoxy) is 1. The number of hydrogen-bond acceptors (Lipinski definition) is 3. The van der Waals surface area contributed by atoms with Crippen LogP contribution in [0.3, 0.4) is 0 Å². The summed E-state index contributed by atoms with van der Waals surface area (Å²) in [7, 11) is 0. The standard InChI is InChI=1S/C29H33N3O2/c1-22-14-15-25(20-23(22)2)34-19-9-8-18-32-27-13-7-6-12-26(27)31-28(32)16-17-30-29(33)21-24-10-4-3-5-11-24/h3-7,10-15,20H,8-9,16-19,21H2,1-2H3,(H,30,33). The molecule has 0 aliphatic heterocycles. The number of aromatic nitrogens is 2. The van der Waals surface area contributed by atoms with Crippen LogP contribution >= 0.6 is 0 Å². The van der Waals surface area contributed by atoms with Gasteiger partial charge in [-0.2, -0.15) is 0 Å². The largest absolute Gasteiger partial charge is 0.494 e. The fourth-order valence-corrected chi connectivity index (χ4v) is 4.09. The van der Waals surface area contributed by atoms with Crippen LogP contribution in [0.25, 0.3) is 11.0 Å². The minimum absolute atomic E-state index is 0.0392. The van der Waals surface area contributed by atoms with Crippen molar-refractivity contribution in [2.24, 2.45) is 0 Å². The van der Waals surface area contributed by atoms with E-state index in [2.05, 4.69) is 48.0 Å². The van der Waals surface area contributed by atoms with Crippen molar-refractivity contribution in [1.29, 1.82) is 0 Å². The Morgan fingerprint density at radius 2 is 1.74 bits per heavy atom. The number of imidazole rings is 1. The molecule has 3 aromatic carbocycles. The maximum atomic E-state index is 12.3. The first kappa shape index (κ1) is 23.6. The van der Waals surface area contributed by atoms with E-state index in [9.17, 15) is 4.79 Å². The molecule has 0 saturated carbocycles. The Kier molecular flexibility index (Phi) is 7.97. The van der Waals surface area contributed by atoms with Gasteiger partial charge in [-0.15, -0.1) is 0 Å². The molecule has 1 heterocycles. The zero-order valence-corrected chi connectivity index (χ0v) is 20.1. The first-order valence-corrected chi connectivity index (χ1v) is 12.0. The van der Waals surface area contributed by atoms with Gasteiger partial charge >= 0.3 is 0 Å². The molecule has 4 aromatic rings. The Morgan fingerprint density at radius 3 is 2.56 bits per heavy atom. The van der Waals surface area contributed by atoms with Crippen LogP contribution in [0.2, 0.25) is 0 Å². The quantitative estimate of drug-likeness (QED) is 0.308. The van der Waals surface area contributed by atoms with Crippen molar-refractivity contribution >= 4 is 16.9 Å². The van der Waals surface area contributed by atoms with Gasteiger partial charge in [0.2, 0.25) is 5.91 Å². The van der Waals surface area contributed by atoms with Crippen molar-refractivity contribution < 1.29 is 9.53 Å². The number of amides is 1. The lowest BCUT2D eigenvalue weighted by Crippen LogP contribution is -2.28. The van der Waals surface area contributed by atoms with Crippen LogP contribution in [0.5, 0.6) is 5.75 Å². The second-order valence-corrected chi connectivity index (χ2v) is 8.73. The number of unbranched alkanes of at least 4 members (excludes halogenated alkanes) is 1. The fraction of sp³-hybridized carbons (Fsp3) is 0.310. The number of carbonyl (C=O) groups is 1. The SMILES string of the molecule is Cc1ccc(OCCCCn2c(CCNC(=O)Cc3ccccc3)nc3ccccc32)cc1C. The van der Waals surface area contributed by atoms with Gasteiger partial charge in [0, 0.05) is 19.5 Å². The number of rotatable bonds is 11. The van der Waals surface area contributed by atoms with E-state index in [4.69, 9.17) is 9.72 Å². The van der Waals surface area contributed by atoms with Gasteiger partial charge in [-0.3, -0.25) is 4.79 Å². The number of carbonyl (C=O) groups excluding carboxylic acids is 1. The Balaban J connectivity index is 1.29. The fourth-order valence-electron chi connectivity index (χ4n) is 4.09. The Hall–Kier alpha value is -3.60. The molecule has 176 valence electrons. The number of fused-ring (bicyclic) bond motifs is 1. The smallest absolute Gasteiger partial charge is 0.224 e. The molecule has 0 radical (unpaired) electrons. The number of aryl methyl sites for hydroxylation is 3. The third kappa shape index (κ3) is 6.25. The van der Waals surface area contributed by atoms with E-state index in [1.54, 1.807) is 0 Å². The second kappa shape index (κ2) is 11.5. The highest BCUT2D eigenvalue weighted by atomic mass is 16.5. The summed E-state index contributed by atoms with van der Waals surface area (Å²) in [5.74, 6) is 1.98. The highest BCUT2D eigenvalue weighted by Crippen LogP contribution is 2.19. The average Bonchev–Trinajstić information content (AvgIpc) is 3.19. The molecule has 0 bridgehead atoms. The summed E-state index contributed by atoms with van der Waals surface area (Å²) in [6, 6.07) is 24.3. The Labute approximate surface area is 201 Å². The van der Waals surface area contributed by atoms with Crippen molar-refractivity contribution in [2.45, 2.75) is 46.1 Å². The third-order valence-electron chi connectivity index (χ3n) is 6.14. The maximum Gasteiger partial charge on any atom is 0.224 e. The summed E-state index contributed by atoms with van der Waals surface area (Å²) < 4.78 is 8.23. The first-order chi connectivity index (χ1) is 16.6. The lowest BCUT2D eigenvalue weighted by Gasteiger charge is -2.11. The zero-order chi connectivity index (χ0) is 23.8. The highest BCUT2D eigenvalue weighted by Gasteiger charge is 2.11. The van der Waals surface area contributed by atoms with Gasteiger partial charge < -0.3 is 14.6 Å². The number of benzene rings is 3. The van der Waals surface area contributed by atoms with Crippen molar-refractivity contribution in [3.8, 4) is 5.75 Å². The molecule has 1 amide bonds. The van der Waals surface area contributed by atoms with Crippen LogP contribution in [0.1, 0.15) is 35.4 Å².